The van der Waals surface area contributed by atoms with E-state index < -0.39 is 0 Å². The van der Waals surface area contributed by atoms with Crippen molar-refractivity contribution in [2.45, 2.75) is 20.8 Å². The van der Waals surface area contributed by atoms with E-state index in [1.54, 1.807) is 23.6 Å². The zero-order valence-corrected chi connectivity index (χ0v) is 15.4. The molecule has 0 aliphatic rings. The molecular formula is C20H16N4OS. The molecule has 3 heterocycles. The van der Waals surface area contributed by atoms with Crippen molar-refractivity contribution >= 4 is 22.4 Å². The lowest BCUT2D eigenvalue weighted by Crippen LogP contribution is -1.94. The second-order valence-corrected chi connectivity index (χ2v) is 7.48. The van der Waals surface area contributed by atoms with Crippen LogP contribution in [0.2, 0.25) is 0 Å². The van der Waals surface area contributed by atoms with E-state index in [1.807, 2.05) is 39.1 Å². The number of fused-ring (bicyclic) bond motifs is 1. The predicted molar refractivity (Wildman–Crippen MR) is 103 cm³/mol. The summed E-state index contributed by atoms with van der Waals surface area (Å²) in [7, 11) is 0. The fourth-order valence-corrected chi connectivity index (χ4v) is 4.00. The van der Waals surface area contributed by atoms with Gasteiger partial charge in [-0.25, -0.2) is 9.97 Å². The Morgan fingerprint density at radius 1 is 1.15 bits per heavy atom. The molecule has 4 aromatic rings. The number of nitriles is 1. The molecule has 3 aromatic heterocycles. The molecule has 26 heavy (non-hydrogen) atoms. The van der Waals surface area contributed by atoms with Gasteiger partial charge in [0.2, 0.25) is 0 Å². The zero-order valence-electron chi connectivity index (χ0n) is 14.6. The van der Waals surface area contributed by atoms with E-state index in [-0.39, 0.29) is 5.75 Å². The van der Waals surface area contributed by atoms with Crippen molar-refractivity contribution in [1.82, 2.24) is 15.0 Å². The molecule has 6 heteroatoms. The topological polar surface area (TPSA) is 85.6 Å². The average molecular weight is 360 g/mol. The quantitative estimate of drug-likeness (QED) is 0.535. The van der Waals surface area contributed by atoms with Crippen molar-refractivity contribution in [1.29, 1.82) is 5.26 Å². The summed E-state index contributed by atoms with van der Waals surface area (Å²) in [6.07, 6.45) is 3.52. The van der Waals surface area contributed by atoms with Crippen molar-refractivity contribution in [2.24, 2.45) is 0 Å². The first-order valence-corrected chi connectivity index (χ1v) is 8.95. The van der Waals surface area contributed by atoms with Gasteiger partial charge in [0.15, 0.2) is 0 Å². The van der Waals surface area contributed by atoms with Crippen molar-refractivity contribution in [3.8, 4) is 33.5 Å². The summed E-state index contributed by atoms with van der Waals surface area (Å²) >= 11 is 1.59. The first-order valence-electron chi connectivity index (χ1n) is 8.13. The molecule has 5 nitrogen and oxygen atoms in total. The SMILES string of the molecule is Cc1ncc(-c2cc3c(C#N)c(-c4c(C)ccc(O)c4C)cnc3[nH]2)s1. The third-order valence-corrected chi connectivity index (χ3v) is 5.52. The summed E-state index contributed by atoms with van der Waals surface area (Å²) < 4.78 is 0. The first kappa shape index (κ1) is 16.3. The van der Waals surface area contributed by atoms with Crippen LogP contribution < -0.4 is 0 Å². The third-order valence-electron chi connectivity index (χ3n) is 4.57. The number of phenols is 1. The van der Waals surface area contributed by atoms with E-state index in [2.05, 4.69) is 21.0 Å². The minimum atomic E-state index is 0.212. The van der Waals surface area contributed by atoms with E-state index in [0.717, 1.165) is 43.2 Å². The summed E-state index contributed by atoms with van der Waals surface area (Å²) in [6, 6.07) is 7.80. The number of hydrogen-bond acceptors (Lipinski definition) is 5. The smallest absolute Gasteiger partial charge is 0.139 e. The molecular weight excluding hydrogens is 344 g/mol. The van der Waals surface area contributed by atoms with E-state index >= 15 is 0 Å². The highest BCUT2D eigenvalue weighted by Gasteiger charge is 2.18. The number of pyridine rings is 1. The molecule has 4 rings (SSSR count). The Kier molecular flexibility index (Phi) is 3.74. The van der Waals surface area contributed by atoms with Crippen LogP contribution >= 0.6 is 11.3 Å². The Labute approximate surface area is 154 Å². The van der Waals surface area contributed by atoms with Crippen LogP contribution in [0.4, 0.5) is 0 Å². The molecule has 0 fully saturated rings. The lowest BCUT2D eigenvalue weighted by molar-refractivity contribution is 0.471. The van der Waals surface area contributed by atoms with Crippen LogP contribution in [-0.4, -0.2) is 20.1 Å². The lowest BCUT2D eigenvalue weighted by Gasteiger charge is -2.13. The number of nitrogens with one attached hydrogen (secondary N) is 1. The van der Waals surface area contributed by atoms with Crippen LogP contribution in [0.3, 0.4) is 0 Å². The summed E-state index contributed by atoms with van der Waals surface area (Å²) in [6.45, 7) is 5.78. The maximum absolute atomic E-state index is 10.1. The predicted octanol–water partition coefficient (Wildman–Crippen LogP) is 4.86. The van der Waals surface area contributed by atoms with Crippen LogP contribution in [0.1, 0.15) is 21.7 Å². The van der Waals surface area contributed by atoms with E-state index in [1.165, 1.54) is 0 Å². The highest BCUT2D eigenvalue weighted by atomic mass is 32.1. The number of aromatic hydroxyl groups is 1. The average Bonchev–Trinajstić information content (AvgIpc) is 3.24. The van der Waals surface area contributed by atoms with Gasteiger partial charge in [0.05, 0.1) is 21.1 Å². The minimum absolute atomic E-state index is 0.212. The second-order valence-electron chi connectivity index (χ2n) is 6.25. The Hall–Kier alpha value is -3.17. The van der Waals surface area contributed by atoms with Gasteiger partial charge in [-0.05, 0) is 49.6 Å². The number of aryl methyl sites for hydroxylation is 2. The number of aromatic nitrogens is 3. The van der Waals surface area contributed by atoms with Gasteiger partial charge >= 0.3 is 0 Å². The molecule has 128 valence electrons. The van der Waals surface area contributed by atoms with Gasteiger partial charge in [0, 0.05) is 23.3 Å². The largest absolute Gasteiger partial charge is 0.508 e. The maximum Gasteiger partial charge on any atom is 0.139 e. The fraction of sp³-hybridized carbons (Fsp3) is 0.150. The number of hydrogen-bond donors (Lipinski definition) is 2. The van der Waals surface area contributed by atoms with Gasteiger partial charge in [-0.2, -0.15) is 5.26 Å². The summed E-state index contributed by atoms with van der Waals surface area (Å²) in [5.74, 6) is 0.212. The van der Waals surface area contributed by atoms with E-state index in [0.29, 0.717) is 11.2 Å². The van der Waals surface area contributed by atoms with Gasteiger partial charge in [-0.3, -0.25) is 0 Å². The van der Waals surface area contributed by atoms with Gasteiger partial charge in [0.25, 0.3) is 0 Å². The highest BCUT2D eigenvalue weighted by molar-refractivity contribution is 7.15. The summed E-state index contributed by atoms with van der Waals surface area (Å²) in [5, 5.41) is 21.7. The molecule has 0 saturated carbocycles. The Morgan fingerprint density at radius 2 is 1.96 bits per heavy atom. The molecule has 0 aliphatic heterocycles. The third kappa shape index (κ3) is 2.45. The zero-order chi connectivity index (χ0) is 18.4. The molecule has 0 atom stereocenters. The van der Waals surface area contributed by atoms with Crippen LogP contribution in [0.5, 0.6) is 5.75 Å². The number of nitrogens with zero attached hydrogens (tertiary/aromatic N) is 3. The van der Waals surface area contributed by atoms with Crippen molar-refractivity contribution < 1.29 is 5.11 Å². The molecule has 0 bridgehead atoms. The minimum Gasteiger partial charge on any atom is -0.508 e. The monoisotopic (exact) mass is 360 g/mol. The number of aromatic amines is 1. The lowest BCUT2D eigenvalue weighted by atomic mass is 9.92. The molecule has 0 radical (unpaired) electrons. The first-order chi connectivity index (χ1) is 12.5. The van der Waals surface area contributed by atoms with Crippen molar-refractivity contribution in [3.05, 3.63) is 52.3 Å². The van der Waals surface area contributed by atoms with Gasteiger partial charge in [0.1, 0.15) is 17.5 Å². The standard InChI is InChI=1S/C20H16N4OS/c1-10-4-5-17(25)11(2)19(10)15-8-23-20-13(14(15)7-21)6-16(24-20)18-9-22-12(3)26-18/h4-6,8-9,25H,1-3H3,(H,23,24). The van der Waals surface area contributed by atoms with Gasteiger partial charge in [-0.1, -0.05) is 6.07 Å². The second kappa shape index (κ2) is 5.97. The van der Waals surface area contributed by atoms with Gasteiger partial charge < -0.3 is 10.1 Å². The normalized spacial score (nSPS) is 11.0. The number of H-pyrrole nitrogens is 1. The molecule has 1 aromatic carbocycles. The Morgan fingerprint density at radius 3 is 2.65 bits per heavy atom. The number of rotatable bonds is 2. The molecule has 0 aliphatic carbocycles. The highest BCUT2D eigenvalue weighted by Crippen LogP contribution is 2.37. The Balaban J connectivity index is 1.99. The summed E-state index contributed by atoms with van der Waals surface area (Å²) in [4.78, 5) is 13.1. The van der Waals surface area contributed by atoms with Crippen molar-refractivity contribution in [3.63, 3.8) is 0 Å². The molecule has 0 spiro atoms. The fourth-order valence-electron chi connectivity index (χ4n) is 3.25. The Bertz CT molecular complexity index is 1200. The summed E-state index contributed by atoms with van der Waals surface area (Å²) in [5.41, 5.74) is 5.45. The van der Waals surface area contributed by atoms with Crippen LogP contribution in [0, 0.1) is 32.1 Å². The van der Waals surface area contributed by atoms with Gasteiger partial charge in [-0.15, -0.1) is 11.3 Å². The van der Waals surface area contributed by atoms with Crippen molar-refractivity contribution in [2.75, 3.05) is 0 Å². The van der Waals surface area contributed by atoms with Crippen LogP contribution in [-0.2, 0) is 0 Å². The molecule has 0 unspecified atom stereocenters. The maximum atomic E-state index is 10.1. The van der Waals surface area contributed by atoms with E-state index in [4.69, 9.17) is 0 Å². The van der Waals surface area contributed by atoms with Crippen LogP contribution in [0.25, 0.3) is 32.7 Å². The van der Waals surface area contributed by atoms with Crippen LogP contribution in [0.15, 0.2) is 30.6 Å². The molecule has 2 N–H and O–H groups in total. The molecule has 0 amide bonds. The number of benzene rings is 1. The number of phenolic OH excluding ortho intramolecular Hbond substituents is 1. The molecule has 0 saturated heterocycles. The number of thiazole rings is 1. The van der Waals surface area contributed by atoms with E-state index in [9.17, 15) is 10.4 Å².